The molecule has 2 N–H and O–H groups in total. The molecule has 0 unspecified atom stereocenters. The van der Waals surface area contributed by atoms with E-state index in [4.69, 9.17) is 10.3 Å². The summed E-state index contributed by atoms with van der Waals surface area (Å²) in [6.07, 6.45) is 0. The molecule has 3 rings (SSSR count). The number of hydrogen-bond donors (Lipinski definition) is 1. The Morgan fingerprint density at radius 2 is 1.95 bits per heavy atom. The van der Waals surface area contributed by atoms with E-state index in [0.717, 1.165) is 3.57 Å². The molecule has 1 heterocycles. The van der Waals surface area contributed by atoms with Gasteiger partial charge in [-0.1, -0.05) is 21.1 Å². The molecular formula is C14H8BrFIN3O. The maximum absolute atomic E-state index is 13.4. The van der Waals surface area contributed by atoms with E-state index in [1.165, 1.54) is 12.1 Å². The van der Waals surface area contributed by atoms with Gasteiger partial charge in [-0.2, -0.15) is 4.98 Å². The molecule has 0 saturated carbocycles. The zero-order valence-electron chi connectivity index (χ0n) is 10.5. The van der Waals surface area contributed by atoms with Crippen molar-refractivity contribution in [3.05, 3.63) is 50.3 Å². The number of anilines is 1. The summed E-state index contributed by atoms with van der Waals surface area (Å²) in [5, 5.41) is 3.89. The third-order valence-corrected chi connectivity index (χ3v) is 4.20. The molecule has 106 valence electrons. The van der Waals surface area contributed by atoms with E-state index >= 15 is 0 Å². The van der Waals surface area contributed by atoms with Crippen LogP contribution < -0.4 is 5.73 Å². The molecule has 0 aliphatic heterocycles. The fourth-order valence-electron chi connectivity index (χ4n) is 1.82. The molecule has 0 radical (unpaired) electrons. The number of nitrogen functional groups attached to an aromatic ring is 1. The highest BCUT2D eigenvalue weighted by Crippen LogP contribution is 2.31. The summed E-state index contributed by atoms with van der Waals surface area (Å²) < 4.78 is 20.3. The maximum Gasteiger partial charge on any atom is 0.260 e. The minimum atomic E-state index is -0.367. The van der Waals surface area contributed by atoms with E-state index < -0.39 is 0 Å². The number of nitrogens with two attached hydrogens (primary N) is 1. The average Bonchev–Trinajstić information content (AvgIpc) is 2.93. The summed E-state index contributed by atoms with van der Waals surface area (Å²) in [4.78, 5) is 4.30. The first-order valence-corrected chi connectivity index (χ1v) is 7.76. The van der Waals surface area contributed by atoms with Crippen LogP contribution in [0.2, 0.25) is 0 Å². The predicted octanol–water partition coefficient (Wildman–Crippen LogP) is 4.49. The van der Waals surface area contributed by atoms with Crippen molar-refractivity contribution in [1.29, 1.82) is 0 Å². The number of nitrogens with zero attached hydrogens (tertiary/aromatic N) is 2. The van der Waals surface area contributed by atoms with E-state index in [0.29, 0.717) is 33.0 Å². The highest BCUT2D eigenvalue weighted by molar-refractivity contribution is 14.1. The van der Waals surface area contributed by atoms with E-state index in [-0.39, 0.29) is 5.82 Å². The van der Waals surface area contributed by atoms with Gasteiger partial charge in [0.15, 0.2) is 0 Å². The van der Waals surface area contributed by atoms with Gasteiger partial charge in [0.2, 0.25) is 5.82 Å². The number of rotatable bonds is 2. The quantitative estimate of drug-likeness (QED) is 0.453. The second kappa shape index (κ2) is 5.72. The van der Waals surface area contributed by atoms with Crippen LogP contribution in [-0.4, -0.2) is 10.1 Å². The van der Waals surface area contributed by atoms with Crippen LogP contribution in [0.25, 0.3) is 22.8 Å². The first-order chi connectivity index (χ1) is 10.0. The minimum Gasteiger partial charge on any atom is -0.398 e. The van der Waals surface area contributed by atoms with Gasteiger partial charge >= 0.3 is 0 Å². The topological polar surface area (TPSA) is 64.9 Å². The SMILES string of the molecule is Nc1ccc(I)cc1-c1nc(-c2cc(F)ccc2Br)no1. The maximum atomic E-state index is 13.4. The van der Waals surface area contributed by atoms with E-state index in [9.17, 15) is 4.39 Å². The van der Waals surface area contributed by atoms with E-state index in [2.05, 4.69) is 48.7 Å². The van der Waals surface area contributed by atoms with E-state index in [1.807, 2.05) is 12.1 Å². The average molecular weight is 460 g/mol. The van der Waals surface area contributed by atoms with Crippen LogP contribution in [0.4, 0.5) is 10.1 Å². The van der Waals surface area contributed by atoms with Gasteiger partial charge in [0.05, 0.1) is 5.56 Å². The van der Waals surface area contributed by atoms with Crippen LogP contribution in [0.5, 0.6) is 0 Å². The summed E-state index contributed by atoms with van der Waals surface area (Å²) in [6.45, 7) is 0. The van der Waals surface area contributed by atoms with Gasteiger partial charge in [-0.3, -0.25) is 0 Å². The highest BCUT2D eigenvalue weighted by Gasteiger charge is 2.15. The molecule has 2 aromatic carbocycles. The lowest BCUT2D eigenvalue weighted by molar-refractivity contribution is 0.432. The van der Waals surface area contributed by atoms with Gasteiger partial charge in [-0.25, -0.2) is 4.39 Å². The molecule has 0 saturated heterocycles. The Morgan fingerprint density at radius 3 is 2.76 bits per heavy atom. The molecule has 3 aromatic rings. The Bertz CT molecular complexity index is 756. The molecule has 0 aliphatic carbocycles. The Balaban J connectivity index is 2.08. The standard InChI is InChI=1S/C14H8BrFIN3O/c15-11-3-1-7(16)5-9(11)13-19-14(21-20-13)10-6-8(17)2-4-12(10)18/h1-6H,18H2. The smallest absolute Gasteiger partial charge is 0.260 e. The zero-order valence-corrected chi connectivity index (χ0v) is 14.2. The number of halogens is 3. The van der Waals surface area contributed by atoms with Crippen molar-refractivity contribution < 1.29 is 8.91 Å². The molecule has 0 aliphatic rings. The minimum absolute atomic E-state index is 0.301. The van der Waals surface area contributed by atoms with Crippen molar-refractivity contribution in [3.63, 3.8) is 0 Å². The summed E-state index contributed by atoms with van der Waals surface area (Å²) in [6, 6.07) is 9.82. The summed E-state index contributed by atoms with van der Waals surface area (Å²) in [5.41, 5.74) is 7.65. The van der Waals surface area contributed by atoms with Gasteiger partial charge in [-0.05, 0) is 59.0 Å². The number of hydrogen-bond acceptors (Lipinski definition) is 4. The molecule has 0 amide bonds. The largest absolute Gasteiger partial charge is 0.398 e. The van der Waals surface area contributed by atoms with Crippen LogP contribution in [0, 0.1) is 9.39 Å². The van der Waals surface area contributed by atoms with Crippen LogP contribution in [0.1, 0.15) is 0 Å². The van der Waals surface area contributed by atoms with Crippen LogP contribution in [0.3, 0.4) is 0 Å². The van der Waals surface area contributed by atoms with Gasteiger partial charge in [0.25, 0.3) is 5.89 Å². The van der Waals surface area contributed by atoms with Crippen LogP contribution in [0.15, 0.2) is 45.4 Å². The van der Waals surface area contributed by atoms with Crippen molar-refractivity contribution in [2.45, 2.75) is 0 Å². The van der Waals surface area contributed by atoms with Gasteiger partial charge in [0, 0.05) is 19.3 Å². The molecule has 0 bridgehead atoms. The Hall–Kier alpha value is -1.48. The number of aromatic nitrogens is 2. The van der Waals surface area contributed by atoms with Gasteiger partial charge in [0.1, 0.15) is 5.82 Å². The molecule has 21 heavy (non-hydrogen) atoms. The second-order valence-electron chi connectivity index (χ2n) is 4.28. The lowest BCUT2D eigenvalue weighted by Crippen LogP contribution is -1.91. The van der Waals surface area contributed by atoms with E-state index in [1.54, 1.807) is 12.1 Å². The third kappa shape index (κ3) is 2.93. The monoisotopic (exact) mass is 459 g/mol. The predicted molar refractivity (Wildman–Crippen MR) is 90.0 cm³/mol. The Morgan fingerprint density at radius 1 is 1.14 bits per heavy atom. The molecule has 0 atom stereocenters. The third-order valence-electron chi connectivity index (χ3n) is 2.84. The normalized spacial score (nSPS) is 10.8. The molecule has 7 heteroatoms. The first kappa shape index (κ1) is 14.5. The molecule has 1 aromatic heterocycles. The van der Waals surface area contributed by atoms with Gasteiger partial charge < -0.3 is 10.3 Å². The second-order valence-corrected chi connectivity index (χ2v) is 6.38. The van der Waals surface area contributed by atoms with Crippen molar-refractivity contribution in [1.82, 2.24) is 10.1 Å². The van der Waals surface area contributed by atoms with Gasteiger partial charge in [-0.15, -0.1) is 0 Å². The zero-order chi connectivity index (χ0) is 15.0. The van der Waals surface area contributed by atoms with Crippen molar-refractivity contribution >= 4 is 44.2 Å². The fraction of sp³-hybridized carbons (Fsp3) is 0. The van der Waals surface area contributed by atoms with Crippen molar-refractivity contribution in [2.24, 2.45) is 0 Å². The van der Waals surface area contributed by atoms with Crippen LogP contribution in [-0.2, 0) is 0 Å². The highest BCUT2D eigenvalue weighted by atomic mass is 127. The molecule has 0 fully saturated rings. The lowest BCUT2D eigenvalue weighted by atomic mass is 10.2. The van der Waals surface area contributed by atoms with Crippen LogP contribution >= 0.6 is 38.5 Å². The Labute approximate surface area is 141 Å². The molecule has 4 nitrogen and oxygen atoms in total. The number of benzene rings is 2. The molecular weight excluding hydrogens is 452 g/mol. The summed E-state index contributed by atoms with van der Waals surface area (Å²) in [7, 11) is 0. The molecule has 0 spiro atoms. The summed E-state index contributed by atoms with van der Waals surface area (Å²) >= 11 is 5.52. The van der Waals surface area contributed by atoms with Crippen molar-refractivity contribution in [3.8, 4) is 22.8 Å². The first-order valence-electron chi connectivity index (χ1n) is 5.89. The van der Waals surface area contributed by atoms with Crippen molar-refractivity contribution in [2.75, 3.05) is 5.73 Å². The summed E-state index contributed by atoms with van der Waals surface area (Å²) in [5.74, 6) is 0.236. The Kier molecular flexibility index (Phi) is 3.94. The lowest BCUT2D eigenvalue weighted by Gasteiger charge is -2.00. The fourth-order valence-corrected chi connectivity index (χ4v) is 2.74.